The van der Waals surface area contributed by atoms with Gasteiger partial charge in [-0.25, -0.2) is 4.79 Å². The van der Waals surface area contributed by atoms with Gasteiger partial charge in [-0.15, -0.1) is 0 Å². The van der Waals surface area contributed by atoms with Crippen molar-refractivity contribution in [2.75, 3.05) is 32.7 Å². The van der Waals surface area contributed by atoms with Crippen molar-refractivity contribution >= 4 is 6.03 Å². The minimum atomic E-state index is 0.317. The second kappa shape index (κ2) is 8.43. The second-order valence-corrected chi connectivity index (χ2v) is 8.42. The number of carbonyl (C=O) groups excluding carboxylic acids is 1. The van der Waals surface area contributed by atoms with Crippen LogP contribution in [0.25, 0.3) is 0 Å². The van der Waals surface area contributed by atoms with E-state index in [1.807, 2.05) is 0 Å². The van der Waals surface area contributed by atoms with Gasteiger partial charge in [-0.3, -0.25) is 4.90 Å². The molecule has 1 saturated carbocycles. The highest BCUT2D eigenvalue weighted by Gasteiger charge is 2.36. The summed E-state index contributed by atoms with van der Waals surface area (Å²) >= 11 is 0. The number of carbonyl (C=O) groups is 1. The highest BCUT2D eigenvalue weighted by atomic mass is 16.2. The zero-order valence-electron chi connectivity index (χ0n) is 16.0. The summed E-state index contributed by atoms with van der Waals surface area (Å²) in [6.07, 6.45) is 8.99. The van der Waals surface area contributed by atoms with Crippen LogP contribution in [0.15, 0.2) is 30.3 Å². The Hall–Kier alpha value is -1.55. The van der Waals surface area contributed by atoms with Crippen LogP contribution in [0.3, 0.4) is 0 Å². The smallest absolute Gasteiger partial charge is 0.320 e. The molecule has 4 heteroatoms. The van der Waals surface area contributed by atoms with Crippen LogP contribution in [0.2, 0.25) is 0 Å². The molecule has 4 nitrogen and oxygen atoms in total. The molecular formula is C22H33N3O. The third kappa shape index (κ3) is 4.22. The molecule has 0 radical (unpaired) electrons. The number of piperidine rings is 1. The number of amides is 2. The minimum absolute atomic E-state index is 0.317. The minimum Gasteiger partial charge on any atom is -0.323 e. The third-order valence-corrected chi connectivity index (χ3v) is 6.58. The Labute approximate surface area is 158 Å². The van der Waals surface area contributed by atoms with Gasteiger partial charge in [0.1, 0.15) is 0 Å². The largest absolute Gasteiger partial charge is 0.323 e. The van der Waals surface area contributed by atoms with Crippen LogP contribution in [0.5, 0.6) is 0 Å². The zero-order chi connectivity index (χ0) is 17.8. The SMILES string of the molecule is O=C1N(CC2CCCCC2)CCN1C1CCN(Cc2ccccc2)CC1. The molecule has 2 heterocycles. The number of likely N-dealkylation sites (tertiary alicyclic amines) is 1. The fraction of sp³-hybridized carbons (Fsp3) is 0.682. The van der Waals surface area contributed by atoms with Crippen molar-refractivity contribution < 1.29 is 4.79 Å². The highest BCUT2D eigenvalue weighted by Crippen LogP contribution is 2.27. The lowest BCUT2D eigenvalue weighted by Gasteiger charge is -2.36. The summed E-state index contributed by atoms with van der Waals surface area (Å²) in [6.45, 7) is 6.13. The Morgan fingerprint density at radius 2 is 1.58 bits per heavy atom. The number of hydrogen-bond acceptors (Lipinski definition) is 2. The molecule has 0 N–H and O–H groups in total. The maximum absolute atomic E-state index is 12.9. The summed E-state index contributed by atoms with van der Waals surface area (Å²) in [5, 5.41) is 0. The van der Waals surface area contributed by atoms with Gasteiger partial charge in [-0.05, 0) is 37.2 Å². The molecule has 0 aromatic heterocycles. The first kappa shape index (κ1) is 17.8. The lowest BCUT2D eigenvalue weighted by Crippen LogP contribution is -2.46. The Balaban J connectivity index is 1.25. The van der Waals surface area contributed by atoms with Crippen molar-refractivity contribution in [3.63, 3.8) is 0 Å². The molecule has 26 heavy (non-hydrogen) atoms. The Bertz CT molecular complexity index is 576. The molecule has 4 rings (SSSR count). The fourth-order valence-corrected chi connectivity index (χ4v) is 5.02. The summed E-state index contributed by atoms with van der Waals surface area (Å²) in [4.78, 5) is 19.8. The molecule has 3 aliphatic rings. The van der Waals surface area contributed by atoms with Gasteiger partial charge < -0.3 is 9.80 Å². The molecule has 3 fully saturated rings. The summed E-state index contributed by atoms with van der Waals surface area (Å²) in [5.41, 5.74) is 1.39. The number of nitrogens with zero attached hydrogens (tertiary/aromatic N) is 3. The van der Waals surface area contributed by atoms with E-state index in [1.54, 1.807) is 0 Å². The molecule has 1 aromatic carbocycles. The molecule has 0 atom stereocenters. The van der Waals surface area contributed by atoms with Crippen LogP contribution < -0.4 is 0 Å². The average Bonchev–Trinajstić information content (AvgIpc) is 3.05. The number of benzene rings is 1. The van der Waals surface area contributed by atoms with Crippen molar-refractivity contribution in [3.8, 4) is 0 Å². The van der Waals surface area contributed by atoms with Gasteiger partial charge in [0, 0.05) is 45.3 Å². The molecule has 0 spiro atoms. The van der Waals surface area contributed by atoms with E-state index in [9.17, 15) is 4.79 Å². The van der Waals surface area contributed by atoms with Crippen molar-refractivity contribution in [2.24, 2.45) is 5.92 Å². The van der Waals surface area contributed by atoms with Gasteiger partial charge in [0.05, 0.1) is 0 Å². The first-order chi connectivity index (χ1) is 12.8. The highest BCUT2D eigenvalue weighted by molar-refractivity contribution is 5.77. The van der Waals surface area contributed by atoms with Crippen molar-refractivity contribution in [2.45, 2.75) is 57.5 Å². The molecule has 1 aromatic rings. The van der Waals surface area contributed by atoms with E-state index in [0.717, 1.165) is 58.0 Å². The van der Waals surface area contributed by atoms with Crippen LogP contribution in [-0.4, -0.2) is 59.5 Å². The average molecular weight is 356 g/mol. The van der Waals surface area contributed by atoms with E-state index in [0.29, 0.717) is 12.1 Å². The lowest BCUT2D eigenvalue weighted by molar-refractivity contribution is 0.124. The van der Waals surface area contributed by atoms with E-state index in [4.69, 9.17) is 0 Å². The molecule has 2 amide bonds. The van der Waals surface area contributed by atoms with E-state index in [2.05, 4.69) is 45.0 Å². The lowest BCUT2D eigenvalue weighted by atomic mass is 9.89. The van der Waals surface area contributed by atoms with Gasteiger partial charge in [0.2, 0.25) is 0 Å². The van der Waals surface area contributed by atoms with Crippen molar-refractivity contribution in [3.05, 3.63) is 35.9 Å². The molecule has 0 bridgehead atoms. The number of hydrogen-bond donors (Lipinski definition) is 0. The summed E-state index contributed by atoms with van der Waals surface area (Å²) in [5.74, 6) is 0.750. The van der Waals surface area contributed by atoms with Gasteiger partial charge in [0.25, 0.3) is 0 Å². The predicted octanol–water partition coefficient (Wildman–Crippen LogP) is 3.97. The molecule has 0 unspecified atom stereocenters. The van der Waals surface area contributed by atoms with Gasteiger partial charge in [0.15, 0.2) is 0 Å². The predicted molar refractivity (Wildman–Crippen MR) is 105 cm³/mol. The maximum Gasteiger partial charge on any atom is 0.320 e. The van der Waals surface area contributed by atoms with Crippen LogP contribution in [0, 0.1) is 5.92 Å². The van der Waals surface area contributed by atoms with Crippen LogP contribution in [0.1, 0.15) is 50.5 Å². The number of rotatable bonds is 5. The Morgan fingerprint density at radius 1 is 0.846 bits per heavy atom. The summed E-state index contributed by atoms with van der Waals surface area (Å²) < 4.78 is 0. The number of urea groups is 1. The first-order valence-electron chi connectivity index (χ1n) is 10.6. The van der Waals surface area contributed by atoms with E-state index in [-0.39, 0.29) is 0 Å². The van der Waals surface area contributed by atoms with E-state index >= 15 is 0 Å². The molecular weight excluding hydrogens is 322 g/mol. The van der Waals surface area contributed by atoms with Gasteiger partial charge >= 0.3 is 6.03 Å². The normalized spacial score (nSPS) is 23.8. The van der Waals surface area contributed by atoms with Gasteiger partial charge in [-0.2, -0.15) is 0 Å². The standard InChI is InChI=1S/C22H33N3O/c26-22-24(18-20-9-5-2-6-10-20)15-16-25(22)21-11-13-23(14-12-21)17-19-7-3-1-4-8-19/h1,3-4,7-8,20-21H,2,5-6,9-18H2. The van der Waals surface area contributed by atoms with Gasteiger partial charge in [-0.1, -0.05) is 49.6 Å². The van der Waals surface area contributed by atoms with E-state index in [1.165, 1.54) is 37.7 Å². The van der Waals surface area contributed by atoms with Crippen LogP contribution in [0.4, 0.5) is 4.79 Å². The van der Waals surface area contributed by atoms with Crippen LogP contribution >= 0.6 is 0 Å². The fourth-order valence-electron chi connectivity index (χ4n) is 5.02. The van der Waals surface area contributed by atoms with Crippen molar-refractivity contribution in [1.29, 1.82) is 0 Å². The maximum atomic E-state index is 12.9. The third-order valence-electron chi connectivity index (χ3n) is 6.58. The van der Waals surface area contributed by atoms with Crippen molar-refractivity contribution in [1.82, 2.24) is 14.7 Å². The van der Waals surface area contributed by atoms with Crippen LogP contribution in [-0.2, 0) is 6.54 Å². The Kier molecular flexibility index (Phi) is 5.78. The molecule has 2 aliphatic heterocycles. The summed E-state index contributed by atoms with van der Waals surface area (Å²) in [6, 6.07) is 11.5. The monoisotopic (exact) mass is 355 g/mol. The second-order valence-electron chi connectivity index (χ2n) is 8.42. The topological polar surface area (TPSA) is 26.8 Å². The molecule has 2 saturated heterocycles. The molecule has 1 aliphatic carbocycles. The molecule has 142 valence electrons. The van der Waals surface area contributed by atoms with E-state index < -0.39 is 0 Å². The first-order valence-corrected chi connectivity index (χ1v) is 10.6. The summed E-state index contributed by atoms with van der Waals surface area (Å²) in [7, 11) is 0. The Morgan fingerprint density at radius 3 is 2.31 bits per heavy atom. The quantitative estimate of drug-likeness (QED) is 0.799. The zero-order valence-corrected chi connectivity index (χ0v) is 16.0.